The third-order valence-corrected chi connectivity index (χ3v) is 3.78. The normalized spacial score (nSPS) is 13.2. The lowest BCUT2D eigenvalue weighted by molar-refractivity contribution is -0.116. The van der Waals surface area contributed by atoms with Crippen molar-refractivity contribution in [2.45, 2.75) is 20.8 Å². The highest BCUT2D eigenvalue weighted by Gasteiger charge is 2.36. The van der Waals surface area contributed by atoms with E-state index in [1.807, 2.05) is 6.92 Å². The molecule has 1 aliphatic rings. The van der Waals surface area contributed by atoms with Gasteiger partial charge in [0.15, 0.2) is 0 Å². The van der Waals surface area contributed by atoms with E-state index >= 15 is 0 Å². The van der Waals surface area contributed by atoms with Gasteiger partial charge in [0.05, 0.1) is 11.1 Å². The zero-order valence-corrected chi connectivity index (χ0v) is 13.6. The number of aromatic nitrogens is 2. The summed E-state index contributed by atoms with van der Waals surface area (Å²) in [4.78, 5) is 46.0. The Morgan fingerprint density at radius 3 is 2.58 bits per heavy atom. The van der Waals surface area contributed by atoms with E-state index in [9.17, 15) is 14.4 Å². The third kappa shape index (κ3) is 2.76. The van der Waals surface area contributed by atoms with Crippen LogP contribution in [0.1, 0.15) is 37.7 Å². The first kappa shape index (κ1) is 15.8. The lowest BCUT2D eigenvalue weighted by Gasteiger charge is -2.14. The summed E-state index contributed by atoms with van der Waals surface area (Å²) < 4.78 is 0. The molecule has 0 saturated heterocycles. The number of imide groups is 1. The maximum Gasteiger partial charge on any atom is 0.262 e. The van der Waals surface area contributed by atoms with E-state index in [0.29, 0.717) is 28.3 Å². The Hall–Kier alpha value is -3.09. The van der Waals surface area contributed by atoms with Gasteiger partial charge in [-0.2, -0.15) is 0 Å². The smallest absolute Gasteiger partial charge is 0.262 e. The van der Waals surface area contributed by atoms with Crippen molar-refractivity contribution in [1.82, 2.24) is 14.9 Å². The van der Waals surface area contributed by atoms with Gasteiger partial charge >= 0.3 is 0 Å². The number of nitrogens with one attached hydrogen (secondary N) is 1. The minimum Gasteiger partial charge on any atom is -0.309 e. The topological polar surface area (TPSA) is 92.3 Å². The molecule has 7 nitrogen and oxygen atoms in total. The first-order valence-electron chi connectivity index (χ1n) is 7.44. The molecule has 24 heavy (non-hydrogen) atoms. The van der Waals surface area contributed by atoms with Gasteiger partial charge in [0, 0.05) is 11.8 Å². The highest BCUT2D eigenvalue weighted by Crippen LogP contribution is 2.23. The van der Waals surface area contributed by atoms with Crippen molar-refractivity contribution in [3.63, 3.8) is 0 Å². The molecule has 0 fully saturated rings. The van der Waals surface area contributed by atoms with Gasteiger partial charge in [0.1, 0.15) is 18.2 Å². The predicted molar refractivity (Wildman–Crippen MR) is 86.7 cm³/mol. The molecule has 0 spiro atoms. The van der Waals surface area contributed by atoms with Crippen molar-refractivity contribution >= 4 is 23.5 Å². The summed E-state index contributed by atoms with van der Waals surface area (Å²) in [6, 6.07) is 5.03. The van der Waals surface area contributed by atoms with Crippen LogP contribution < -0.4 is 5.32 Å². The van der Waals surface area contributed by atoms with Crippen molar-refractivity contribution in [3.8, 4) is 0 Å². The van der Waals surface area contributed by atoms with Gasteiger partial charge in [0.25, 0.3) is 11.8 Å². The second-order valence-corrected chi connectivity index (χ2v) is 5.74. The fourth-order valence-corrected chi connectivity index (χ4v) is 2.52. The molecule has 1 aromatic heterocycles. The molecule has 122 valence electrons. The van der Waals surface area contributed by atoms with Gasteiger partial charge in [-0.15, -0.1) is 0 Å². The zero-order chi connectivity index (χ0) is 17.4. The van der Waals surface area contributed by atoms with Crippen LogP contribution in [0.3, 0.4) is 0 Å². The summed E-state index contributed by atoms with van der Waals surface area (Å²) in [5.41, 5.74) is 2.24. The highest BCUT2D eigenvalue weighted by molar-refractivity contribution is 6.22. The first-order chi connectivity index (χ1) is 11.4. The number of carbonyl (C=O) groups excluding carboxylic acids is 3. The van der Waals surface area contributed by atoms with Gasteiger partial charge in [0.2, 0.25) is 5.91 Å². The molecule has 3 amide bonds. The van der Waals surface area contributed by atoms with E-state index in [2.05, 4.69) is 15.3 Å². The number of fused-ring (bicyclic) bond motifs is 1. The van der Waals surface area contributed by atoms with Gasteiger partial charge < -0.3 is 5.32 Å². The lowest BCUT2D eigenvalue weighted by atomic mass is 10.1. The second kappa shape index (κ2) is 5.84. The van der Waals surface area contributed by atoms with Crippen LogP contribution in [0.5, 0.6) is 0 Å². The van der Waals surface area contributed by atoms with Crippen LogP contribution in [0.25, 0.3) is 0 Å². The number of amides is 3. The molecule has 0 saturated carbocycles. The standard InChI is InChI=1S/C17H16N4O3/c1-9-4-5-12-13(6-9)17(24)21(16(12)23)8-14(22)20-15-10(2)7-18-11(3)19-15/h4-7H,8H2,1-3H3,(H,18,19,20,22). The summed E-state index contributed by atoms with van der Waals surface area (Å²) in [6.45, 7) is 4.96. The van der Waals surface area contributed by atoms with Crippen LogP contribution in [-0.2, 0) is 4.79 Å². The molecule has 0 bridgehead atoms. The molecule has 0 aliphatic carbocycles. The molecular weight excluding hydrogens is 308 g/mol. The monoisotopic (exact) mass is 324 g/mol. The van der Waals surface area contributed by atoms with Crippen molar-refractivity contribution in [2.24, 2.45) is 0 Å². The summed E-state index contributed by atoms with van der Waals surface area (Å²) in [5, 5.41) is 2.62. The van der Waals surface area contributed by atoms with Crippen molar-refractivity contribution in [1.29, 1.82) is 0 Å². The summed E-state index contributed by atoms with van der Waals surface area (Å²) in [6.07, 6.45) is 1.60. The van der Waals surface area contributed by atoms with E-state index < -0.39 is 17.7 Å². The average Bonchev–Trinajstić information content (AvgIpc) is 2.75. The van der Waals surface area contributed by atoms with Crippen molar-refractivity contribution in [2.75, 3.05) is 11.9 Å². The molecule has 3 rings (SSSR count). The minimum atomic E-state index is -0.484. The number of rotatable bonds is 3. The van der Waals surface area contributed by atoms with Crippen LogP contribution >= 0.6 is 0 Å². The molecule has 1 N–H and O–H groups in total. The predicted octanol–water partition coefficient (Wildman–Crippen LogP) is 1.64. The molecule has 0 atom stereocenters. The molecule has 7 heteroatoms. The van der Waals surface area contributed by atoms with Gasteiger partial charge in [-0.1, -0.05) is 11.6 Å². The molecule has 2 heterocycles. The molecule has 1 aliphatic heterocycles. The van der Waals surface area contributed by atoms with Gasteiger partial charge in [-0.05, 0) is 32.9 Å². The number of nitrogens with zero attached hydrogens (tertiary/aromatic N) is 3. The third-order valence-electron chi connectivity index (χ3n) is 3.78. The summed E-state index contributed by atoms with van der Waals surface area (Å²) in [5.74, 6) is -0.500. The Kier molecular flexibility index (Phi) is 3.84. The second-order valence-electron chi connectivity index (χ2n) is 5.74. The number of hydrogen-bond donors (Lipinski definition) is 1. The molecule has 1 aromatic carbocycles. The maximum atomic E-state index is 12.4. The Labute approximate surface area is 138 Å². The van der Waals surface area contributed by atoms with E-state index in [-0.39, 0.29) is 6.54 Å². The number of aryl methyl sites for hydroxylation is 3. The quantitative estimate of drug-likeness (QED) is 0.866. The molecular formula is C17H16N4O3. The van der Waals surface area contributed by atoms with E-state index in [4.69, 9.17) is 0 Å². The SMILES string of the molecule is Cc1ccc2c(c1)C(=O)N(CC(=O)Nc1nc(C)ncc1C)C2=O. The van der Waals surface area contributed by atoms with Crippen LogP contribution in [0.15, 0.2) is 24.4 Å². The number of hydrogen-bond acceptors (Lipinski definition) is 5. The Balaban J connectivity index is 1.77. The Morgan fingerprint density at radius 2 is 1.83 bits per heavy atom. The van der Waals surface area contributed by atoms with Gasteiger partial charge in [-0.25, -0.2) is 9.97 Å². The van der Waals surface area contributed by atoms with Crippen molar-refractivity contribution in [3.05, 3.63) is 52.5 Å². The molecule has 0 unspecified atom stereocenters. The maximum absolute atomic E-state index is 12.4. The summed E-state index contributed by atoms with van der Waals surface area (Å²) in [7, 11) is 0. The zero-order valence-electron chi connectivity index (χ0n) is 13.6. The highest BCUT2D eigenvalue weighted by atomic mass is 16.2. The van der Waals surface area contributed by atoms with Crippen LogP contribution in [-0.4, -0.2) is 39.1 Å². The minimum absolute atomic E-state index is 0.326. The number of anilines is 1. The Bertz CT molecular complexity index is 876. The fraction of sp³-hybridized carbons (Fsp3) is 0.235. The number of benzene rings is 1. The lowest BCUT2D eigenvalue weighted by Crippen LogP contribution is -2.37. The molecule has 2 aromatic rings. The van der Waals surface area contributed by atoms with E-state index in [0.717, 1.165) is 10.5 Å². The fourth-order valence-electron chi connectivity index (χ4n) is 2.52. The van der Waals surface area contributed by atoms with Gasteiger partial charge in [-0.3, -0.25) is 19.3 Å². The molecule has 0 radical (unpaired) electrons. The largest absolute Gasteiger partial charge is 0.309 e. The van der Waals surface area contributed by atoms with E-state index in [1.54, 1.807) is 38.2 Å². The first-order valence-corrected chi connectivity index (χ1v) is 7.44. The average molecular weight is 324 g/mol. The Morgan fingerprint density at radius 1 is 1.12 bits per heavy atom. The van der Waals surface area contributed by atoms with Crippen LogP contribution in [0.4, 0.5) is 5.82 Å². The van der Waals surface area contributed by atoms with Crippen molar-refractivity contribution < 1.29 is 14.4 Å². The van der Waals surface area contributed by atoms with Crippen LogP contribution in [0.2, 0.25) is 0 Å². The summed E-state index contributed by atoms with van der Waals surface area (Å²) >= 11 is 0. The van der Waals surface area contributed by atoms with Crippen LogP contribution in [0, 0.1) is 20.8 Å². The number of carbonyl (C=O) groups is 3. The van der Waals surface area contributed by atoms with E-state index in [1.165, 1.54) is 0 Å².